The Morgan fingerprint density at radius 1 is 1.25 bits per heavy atom. The van der Waals surface area contributed by atoms with Crippen molar-refractivity contribution in [2.24, 2.45) is 0 Å². The van der Waals surface area contributed by atoms with E-state index in [4.69, 9.17) is 4.52 Å². The van der Waals surface area contributed by atoms with Crippen LogP contribution >= 0.6 is 0 Å². The number of aliphatic hydroxyl groups is 1. The van der Waals surface area contributed by atoms with Crippen molar-refractivity contribution < 1.29 is 14.4 Å². The van der Waals surface area contributed by atoms with Crippen LogP contribution in [0.4, 0.5) is 0 Å². The van der Waals surface area contributed by atoms with Gasteiger partial charge in [-0.25, -0.2) is 0 Å². The number of benzene rings is 1. The minimum Gasteiger partial charge on any atom is -0.393 e. The number of hydrogen-bond acceptors (Lipinski definition) is 4. The maximum Gasteiger partial charge on any atom is 0.227 e. The summed E-state index contributed by atoms with van der Waals surface area (Å²) < 4.78 is 5.15. The maximum atomic E-state index is 12.5. The van der Waals surface area contributed by atoms with Gasteiger partial charge in [0.1, 0.15) is 5.76 Å². The van der Waals surface area contributed by atoms with Gasteiger partial charge in [0.2, 0.25) is 5.91 Å². The van der Waals surface area contributed by atoms with Crippen LogP contribution in [0.25, 0.3) is 0 Å². The molecule has 0 aliphatic carbocycles. The molecule has 0 spiro atoms. The first-order valence-electron chi connectivity index (χ1n) is 8.33. The van der Waals surface area contributed by atoms with Crippen molar-refractivity contribution in [1.29, 1.82) is 0 Å². The average molecular weight is 330 g/mol. The number of rotatable bonds is 7. The summed E-state index contributed by atoms with van der Waals surface area (Å²) in [5.41, 5.74) is 2.71. The fourth-order valence-corrected chi connectivity index (χ4v) is 3.09. The van der Waals surface area contributed by atoms with Crippen molar-refractivity contribution in [2.75, 3.05) is 6.54 Å². The number of nitrogens with zero attached hydrogens (tertiary/aromatic N) is 1. The van der Waals surface area contributed by atoms with E-state index in [1.165, 1.54) is 0 Å². The van der Waals surface area contributed by atoms with Crippen LogP contribution in [0.15, 0.2) is 34.9 Å². The van der Waals surface area contributed by atoms with Crippen molar-refractivity contribution in [2.45, 2.75) is 52.1 Å². The van der Waals surface area contributed by atoms with E-state index in [9.17, 15) is 9.90 Å². The molecule has 0 fully saturated rings. The third-order valence-corrected chi connectivity index (χ3v) is 4.33. The summed E-state index contributed by atoms with van der Waals surface area (Å²) >= 11 is 0. The molecule has 0 aliphatic rings. The Labute approximate surface area is 143 Å². The van der Waals surface area contributed by atoms with Gasteiger partial charge in [-0.15, -0.1) is 0 Å². The van der Waals surface area contributed by atoms with Gasteiger partial charge in [0.05, 0.1) is 17.7 Å². The standard InChI is InChI=1S/C19H26N2O3/c1-12(22)10-17(16-8-6-5-7-9-16)11-20-19(23)13(2)18-14(3)21-24-15(18)4/h5-9,12-13,17,22H,10-11H2,1-4H3,(H,20,23). The van der Waals surface area contributed by atoms with E-state index in [1.807, 2.05) is 51.1 Å². The topological polar surface area (TPSA) is 75.4 Å². The Morgan fingerprint density at radius 2 is 1.92 bits per heavy atom. The molecule has 24 heavy (non-hydrogen) atoms. The SMILES string of the molecule is Cc1noc(C)c1C(C)C(=O)NCC(CC(C)O)c1ccccc1. The Morgan fingerprint density at radius 3 is 2.46 bits per heavy atom. The quantitative estimate of drug-likeness (QED) is 0.818. The summed E-state index contributed by atoms with van der Waals surface area (Å²) in [6, 6.07) is 9.95. The molecule has 130 valence electrons. The number of aryl methyl sites for hydroxylation is 2. The van der Waals surface area contributed by atoms with E-state index in [1.54, 1.807) is 6.92 Å². The van der Waals surface area contributed by atoms with E-state index in [-0.39, 0.29) is 17.7 Å². The predicted octanol–water partition coefficient (Wildman–Crippen LogP) is 3.07. The molecule has 2 aromatic rings. The lowest BCUT2D eigenvalue weighted by Gasteiger charge is -2.21. The van der Waals surface area contributed by atoms with Crippen molar-refractivity contribution in [3.05, 3.63) is 52.9 Å². The van der Waals surface area contributed by atoms with Crippen LogP contribution in [0.5, 0.6) is 0 Å². The van der Waals surface area contributed by atoms with Crippen molar-refractivity contribution in [3.8, 4) is 0 Å². The Kier molecular flexibility index (Phi) is 6.15. The van der Waals surface area contributed by atoms with Gasteiger partial charge in [-0.3, -0.25) is 4.79 Å². The van der Waals surface area contributed by atoms with Gasteiger partial charge < -0.3 is 14.9 Å². The molecule has 5 heteroatoms. The zero-order valence-electron chi connectivity index (χ0n) is 14.7. The molecule has 0 radical (unpaired) electrons. The van der Waals surface area contributed by atoms with Gasteiger partial charge in [-0.2, -0.15) is 0 Å². The van der Waals surface area contributed by atoms with E-state index in [0.717, 1.165) is 16.8 Å². The number of amides is 1. The second-order valence-electron chi connectivity index (χ2n) is 6.40. The van der Waals surface area contributed by atoms with E-state index in [2.05, 4.69) is 10.5 Å². The van der Waals surface area contributed by atoms with Crippen LogP contribution in [0.2, 0.25) is 0 Å². The van der Waals surface area contributed by atoms with Gasteiger partial charge in [-0.05, 0) is 39.7 Å². The Hall–Kier alpha value is -2.14. The highest BCUT2D eigenvalue weighted by atomic mass is 16.5. The molecule has 2 N–H and O–H groups in total. The largest absolute Gasteiger partial charge is 0.393 e. The lowest BCUT2D eigenvalue weighted by atomic mass is 9.92. The van der Waals surface area contributed by atoms with Gasteiger partial charge in [0.15, 0.2) is 0 Å². The zero-order valence-corrected chi connectivity index (χ0v) is 14.7. The molecule has 1 aromatic heterocycles. The minimum absolute atomic E-state index is 0.0593. The van der Waals surface area contributed by atoms with E-state index >= 15 is 0 Å². The van der Waals surface area contributed by atoms with Crippen LogP contribution < -0.4 is 5.32 Å². The molecule has 0 saturated carbocycles. The molecule has 1 aromatic carbocycles. The normalized spacial score (nSPS) is 14.9. The molecule has 1 amide bonds. The second-order valence-corrected chi connectivity index (χ2v) is 6.40. The summed E-state index contributed by atoms with van der Waals surface area (Å²) in [5, 5.41) is 16.7. The van der Waals surface area contributed by atoms with E-state index < -0.39 is 6.10 Å². The molecule has 0 bridgehead atoms. The third kappa shape index (κ3) is 4.45. The monoisotopic (exact) mass is 330 g/mol. The van der Waals surface area contributed by atoms with Crippen LogP contribution in [0, 0.1) is 13.8 Å². The molecular weight excluding hydrogens is 304 g/mol. The second kappa shape index (κ2) is 8.11. The fourth-order valence-electron chi connectivity index (χ4n) is 3.09. The number of aliphatic hydroxyl groups excluding tert-OH is 1. The molecule has 1 heterocycles. The smallest absolute Gasteiger partial charge is 0.227 e. The van der Waals surface area contributed by atoms with Gasteiger partial charge in [0.25, 0.3) is 0 Å². The van der Waals surface area contributed by atoms with Crippen LogP contribution in [-0.2, 0) is 4.79 Å². The first-order chi connectivity index (χ1) is 11.4. The van der Waals surface area contributed by atoms with Crippen molar-refractivity contribution in [3.63, 3.8) is 0 Å². The number of carbonyl (C=O) groups excluding carboxylic acids is 1. The van der Waals surface area contributed by atoms with Crippen LogP contribution in [0.3, 0.4) is 0 Å². The average Bonchev–Trinajstić information content (AvgIpc) is 2.89. The molecule has 0 saturated heterocycles. The first-order valence-corrected chi connectivity index (χ1v) is 8.33. The van der Waals surface area contributed by atoms with Crippen molar-refractivity contribution >= 4 is 5.91 Å². The molecule has 3 unspecified atom stereocenters. The highest BCUT2D eigenvalue weighted by Crippen LogP contribution is 2.24. The minimum atomic E-state index is -0.424. The van der Waals surface area contributed by atoms with Crippen molar-refractivity contribution in [1.82, 2.24) is 10.5 Å². The molecule has 3 atom stereocenters. The third-order valence-electron chi connectivity index (χ3n) is 4.33. The lowest BCUT2D eigenvalue weighted by molar-refractivity contribution is -0.122. The van der Waals surface area contributed by atoms with E-state index in [0.29, 0.717) is 18.7 Å². The summed E-state index contributed by atoms with van der Waals surface area (Å²) in [6.07, 6.45) is 0.177. The van der Waals surface area contributed by atoms with Gasteiger partial charge >= 0.3 is 0 Å². The van der Waals surface area contributed by atoms with Crippen LogP contribution in [-0.4, -0.2) is 28.8 Å². The molecule has 2 rings (SSSR count). The lowest BCUT2D eigenvalue weighted by Crippen LogP contribution is -2.33. The summed E-state index contributed by atoms with van der Waals surface area (Å²) in [6.45, 7) is 7.77. The zero-order chi connectivity index (χ0) is 17.7. The molecule has 0 aliphatic heterocycles. The number of nitrogens with one attached hydrogen (secondary N) is 1. The Bertz CT molecular complexity index is 645. The summed E-state index contributed by atoms with van der Waals surface area (Å²) in [5.74, 6) is 0.376. The fraction of sp³-hybridized carbons (Fsp3) is 0.474. The summed E-state index contributed by atoms with van der Waals surface area (Å²) in [7, 11) is 0. The number of hydrogen-bond donors (Lipinski definition) is 2. The van der Waals surface area contributed by atoms with Gasteiger partial charge in [-0.1, -0.05) is 35.5 Å². The highest BCUT2D eigenvalue weighted by molar-refractivity contribution is 5.83. The number of aromatic nitrogens is 1. The Balaban J connectivity index is 2.04. The highest BCUT2D eigenvalue weighted by Gasteiger charge is 2.24. The molecule has 5 nitrogen and oxygen atoms in total. The molecular formula is C19H26N2O3. The summed E-state index contributed by atoms with van der Waals surface area (Å²) in [4.78, 5) is 12.5. The predicted molar refractivity (Wildman–Crippen MR) is 92.9 cm³/mol. The van der Waals surface area contributed by atoms with Crippen LogP contribution in [0.1, 0.15) is 54.7 Å². The van der Waals surface area contributed by atoms with Gasteiger partial charge in [0, 0.05) is 18.0 Å². The maximum absolute atomic E-state index is 12.5. The number of carbonyl (C=O) groups is 1. The first kappa shape index (κ1) is 18.2.